The van der Waals surface area contributed by atoms with E-state index in [2.05, 4.69) is 82.6 Å². The van der Waals surface area contributed by atoms with Crippen LogP contribution in [0.5, 0.6) is 0 Å². The molecule has 190 valence electrons. The smallest absolute Gasteiger partial charge is 0.0725 e. The van der Waals surface area contributed by atoms with Crippen LogP contribution in [0.25, 0.3) is 10.9 Å². The largest absolute Gasteiger partial charge is 0.384 e. The van der Waals surface area contributed by atoms with Crippen molar-refractivity contribution >= 4 is 16.6 Å². The summed E-state index contributed by atoms with van der Waals surface area (Å²) in [6, 6.07) is 8.60. The van der Waals surface area contributed by atoms with E-state index in [0.29, 0.717) is 0 Å². The molecule has 0 amide bonds. The summed E-state index contributed by atoms with van der Waals surface area (Å²) in [5.41, 5.74) is 9.79. The number of benzene rings is 1. The van der Waals surface area contributed by atoms with E-state index in [-0.39, 0.29) is 0 Å². The molecule has 2 aliphatic carbocycles. The zero-order chi connectivity index (χ0) is 24.7. The van der Waals surface area contributed by atoms with Crippen LogP contribution in [-0.2, 0) is 0 Å². The van der Waals surface area contributed by atoms with Gasteiger partial charge in [-0.25, -0.2) is 0 Å². The molecule has 0 spiro atoms. The lowest BCUT2D eigenvalue weighted by molar-refractivity contribution is 0.302. The topological polar surface area (TPSA) is 31.4 Å². The van der Waals surface area contributed by atoms with Gasteiger partial charge in [0.2, 0.25) is 0 Å². The van der Waals surface area contributed by atoms with Crippen LogP contribution in [-0.4, -0.2) is 48.0 Å². The van der Waals surface area contributed by atoms with Gasteiger partial charge in [-0.2, -0.15) is 0 Å². The number of unbranched alkanes of at least 4 members (excludes halogenated alkanes) is 1. The third-order valence-corrected chi connectivity index (χ3v) is 7.85. The molecule has 5 rings (SSSR count). The monoisotopic (exact) mass is 482 g/mol. The first-order chi connectivity index (χ1) is 17.7. The first-order valence-electron chi connectivity index (χ1n) is 14.0. The van der Waals surface area contributed by atoms with Crippen LogP contribution in [0.1, 0.15) is 63.4 Å². The number of nitrogens with zero attached hydrogens (tertiary/aromatic N) is 3. The summed E-state index contributed by atoms with van der Waals surface area (Å²) in [5, 5.41) is 4.85. The average Bonchev–Trinajstić information content (AvgIpc) is 3.05. The van der Waals surface area contributed by atoms with Gasteiger partial charge in [0, 0.05) is 41.8 Å². The van der Waals surface area contributed by atoms with Crippen molar-refractivity contribution in [2.45, 2.75) is 64.7 Å². The number of aromatic nitrogens is 1. The van der Waals surface area contributed by atoms with Crippen LogP contribution in [0.15, 0.2) is 77.3 Å². The van der Waals surface area contributed by atoms with Gasteiger partial charge in [0.25, 0.3) is 0 Å². The third-order valence-electron chi connectivity index (χ3n) is 7.85. The quantitative estimate of drug-likeness (QED) is 0.358. The highest BCUT2D eigenvalue weighted by molar-refractivity contribution is 5.91. The minimum absolute atomic E-state index is 1.00. The normalized spacial score (nSPS) is 17.6. The fourth-order valence-electron chi connectivity index (χ4n) is 5.87. The molecule has 4 nitrogen and oxygen atoms in total. The number of allylic oxidation sites excluding steroid dienone is 6. The summed E-state index contributed by atoms with van der Waals surface area (Å²) < 4.78 is 0. The molecule has 1 aromatic heterocycles. The van der Waals surface area contributed by atoms with E-state index in [1.165, 1.54) is 85.8 Å². The van der Waals surface area contributed by atoms with Gasteiger partial charge < -0.3 is 15.1 Å². The zero-order valence-corrected chi connectivity index (χ0v) is 22.2. The Morgan fingerprint density at radius 3 is 2.81 bits per heavy atom. The Bertz CT molecular complexity index is 1190. The summed E-state index contributed by atoms with van der Waals surface area (Å²) in [6.45, 7) is 6.54. The second kappa shape index (κ2) is 11.9. The summed E-state index contributed by atoms with van der Waals surface area (Å²) in [6.07, 6.45) is 22.6. The second-order valence-electron chi connectivity index (χ2n) is 10.6. The van der Waals surface area contributed by atoms with Crippen LogP contribution in [0.2, 0.25) is 0 Å². The van der Waals surface area contributed by atoms with E-state index in [1.807, 2.05) is 6.20 Å². The number of aryl methyl sites for hydroxylation is 1. The summed E-state index contributed by atoms with van der Waals surface area (Å²) in [7, 11) is 2.28. The van der Waals surface area contributed by atoms with Gasteiger partial charge in [-0.05, 0) is 120 Å². The van der Waals surface area contributed by atoms with Gasteiger partial charge in [0.05, 0.1) is 5.52 Å². The fourth-order valence-corrected chi connectivity index (χ4v) is 5.87. The molecule has 36 heavy (non-hydrogen) atoms. The number of hydrogen-bond donors (Lipinski definition) is 1. The van der Waals surface area contributed by atoms with E-state index in [9.17, 15) is 0 Å². The van der Waals surface area contributed by atoms with Gasteiger partial charge in [-0.3, -0.25) is 4.98 Å². The van der Waals surface area contributed by atoms with E-state index in [0.717, 1.165) is 31.7 Å². The maximum Gasteiger partial charge on any atom is 0.0725 e. The lowest BCUT2D eigenvalue weighted by atomic mass is 9.96. The lowest BCUT2D eigenvalue weighted by Gasteiger charge is -2.32. The number of fused-ring (bicyclic) bond motifs is 2. The molecular weight excluding hydrogens is 440 g/mol. The third kappa shape index (κ3) is 5.92. The van der Waals surface area contributed by atoms with Crippen LogP contribution < -0.4 is 5.32 Å². The molecule has 0 radical (unpaired) electrons. The number of hydrogen-bond acceptors (Lipinski definition) is 4. The number of anilines is 1. The van der Waals surface area contributed by atoms with Crippen molar-refractivity contribution in [3.8, 4) is 0 Å². The maximum atomic E-state index is 4.52. The maximum absolute atomic E-state index is 4.52. The Kier molecular flexibility index (Phi) is 8.22. The van der Waals surface area contributed by atoms with Crippen LogP contribution in [0.3, 0.4) is 0 Å². The minimum Gasteiger partial charge on any atom is -0.384 e. The SMILES string of the molecule is Cc1ccc2c(NCCCCN(C)CCCN3C4=CCCC=C4CCC4=C3C=CCC4)ccnc2c1. The Morgan fingerprint density at radius 1 is 0.972 bits per heavy atom. The highest BCUT2D eigenvalue weighted by Gasteiger charge is 2.25. The number of rotatable bonds is 10. The molecule has 0 saturated carbocycles. The van der Waals surface area contributed by atoms with Crippen molar-refractivity contribution in [3.63, 3.8) is 0 Å². The molecule has 2 heterocycles. The summed E-state index contributed by atoms with van der Waals surface area (Å²) in [4.78, 5) is 9.69. The van der Waals surface area contributed by atoms with Crippen molar-refractivity contribution in [2.24, 2.45) is 0 Å². The molecule has 0 atom stereocenters. The van der Waals surface area contributed by atoms with Crippen LogP contribution in [0, 0.1) is 6.92 Å². The molecule has 3 aliphatic rings. The van der Waals surface area contributed by atoms with Crippen LogP contribution in [0.4, 0.5) is 5.69 Å². The molecule has 0 bridgehead atoms. The molecule has 4 heteroatoms. The van der Waals surface area contributed by atoms with Gasteiger partial charge in [0.1, 0.15) is 0 Å². The molecule has 0 fully saturated rings. The summed E-state index contributed by atoms with van der Waals surface area (Å²) >= 11 is 0. The lowest BCUT2D eigenvalue weighted by Crippen LogP contribution is -2.29. The fraction of sp³-hybridized carbons (Fsp3) is 0.469. The van der Waals surface area contributed by atoms with E-state index >= 15 is 0 Å². The molecule has 1 aromatic carbocycles. The molecule has 1 aliphatic heterocycles. The number of pyridine rings is 1. The Hall–Kier alpha value is -2.85. The highest BCUT2D eigenvalue weighted by Crippen LogP contribution is 2.38. The molecule has 2 aromatic rings. The van der Waals surface area contributed by atoms with Gasteiger partial charge in [-0.1, -0.05) is 30.4 Å². The Balaban J connectivity index is 1.07. The minimum atomic E-state index is 1.00. The Labute approximate surface area is 217 Å². The van der Waals surface area contributed by atoms with E-state index < -0.39 is 0 Å². The van der Waals surface area contributed by atoms with Gasteiger partial charge >= 0.3 is 0 Å². The van der Waals surface area contributed by atoms with Crippen molar-refractivity contribution in [2.75, 3.05) is 38.5 Å². The van der Waals surface area contributed by atoms with E-state index in [4.69, 9.17) is 0 Å². The first kappa shape index (κ1) is 24.8. The van der Waals surface area contributed by atoms with Crippen molar-refractivity contribution in [1.29, 1.82) is 0 Å². The highest BCUT2D eigenvalue weighted by atomic mass is 15.2. The standard InChI is InChI=1S/C32H42N4/c1-25-14-17-28-29(18-20-34-30(28)24-25)33-19-7-8-21-35(2)22-9-23-36-31-12-5-3-10-26(31)15-16-27-11-4-6-13-32(27)36/h5,11-14,17-18,20,24H,3-4,6-10,15-16,19,21-23H2,1-2H3,(H,33,34). The van der Waals surface area contributed by atoms with Gasteiger partial charge in [0.15, 0.2) is 0 Å². The first-order valence-corrected chi connectivity index (χ1v) is 14.0. The average molecular weight is 483 g/mol. The molecule has 0 unspecified atom stereocenters. The van der Waals surface area contributed by atoms with Crippen LogP contribution >= 0.6 is 0 Å². The zero-order valence-electron chi connectivity index (χ0n) is 22.2. The predicted molar refractivity (Wildman–Crippen MR) is 153 cm³/mol. The molecule has 0 saturated heterocycles. The second-order valence-corrected chi connectivity index (χ2v) is 10.6. The molecule has 1 N–H and O–H groups in total. The van der Waals surface area contributed by atoms with Crippen molar-refractivity contribution in [3.05, 3.63) is 82.9 Å². The predicted octanol–water partition coefficient (Wildman–Crippen LogP) is 7.36. The van der Waals surface area contributed by atoms with Crippen molar-refractivity contribution in [1.82, 2.24) is 14.8 Å². The Morgan fingerprint density at radius 2 is 1.86 bits per heavy atom. The van der Waals surface area contributed by atoms with Crippen molar-refractivity contribution < 1.29 is 0 Å². The van der Waals surface area contributed by atoms with Gasteiger partial charge in [-0.15, -0.1) is 0 Å². The molecular formula is C32H42N4. The van der Waals surface area contributed by atoms with E-state index in [1.54, 1.807) is 11.1 Å². The number of nitrogens with one attached hydrogen (secondary N) is 1. The summed E-state index contributed by atoms with van der Waals surface area (Å²) in [5.74, 6) is 0.